The molecule has 33 heavy (non-hydrogen) atoms. The molecular weight excluding hydrogens is 447 g/mol. The molecular formula is C25H28ClFN2O4. The molecule has 1 amide bonds. The minimum atomic E-state index is -1.30. The Hall–Kier alpha value is -2.67. The van der Waals surface area contributed by atoms with Gasteiger partial charge in [-0.15, -0.1) is 0 Å². The number of ether oxygens (including phenoxy) is 3. The van der Waals surface area contributed by atoms with Gasteiger partial charge in [0, 0.05) is 25.0 Å². The molecule has 0 radical (unpaired) electrons. The molecule has 0 N–H and O–H groups in total. The van der Waals surface area contributed by atoms with Crippen molar-refractivity contribution in [3.63, 3.8) is 0 Å². The molecule has 0 aromatic heterocycles. The molecule has 3 atom stereocenters. The molecule has 3 unspecified atom stereocenters. The molecule has 3 aliphatic rings. The maximum absolute atomic E-state index is 14.7. The minimum absolute atomic E-state index is 0.0665. The van der Waals surface area contributed by atoms with Crippen molar-refractivity contribution in [3.8, 4) is 11.5 Å². The number of hydrogen-bond acceptors (Lipinski definition) is 5. The number of amides is 1. The van der Waals surface area contributed by atoms with E-state index in [4.69, 9.17) is 25.8 Å². The maximum atomic E-state index is 14.7. The Kier molecular flexibility index (Phi) is 5.16. The van der Waals surface area contributed by atoms with Gasteiger partial charge in [0.1, 0.15) is 11.4 Å². The van der Waals surface area contributed by atoms with Crippen LogP contribution in [0.1, 0.15) is 46.1 Å². The van der Waals surface area contributed by atoms with Crippen molar-refractivity contribution in [1.82, 2.24) is 4.90 Å². The Balaban J connectivity index is 1.39. The summed E-state index contributed by atoms with van der Waals surface area (Å²) in [5, 5.41) is 0.314. The number of para-hydroxylation sites is 1. The lowest BCUT2D eigenvalue weighted by Gasteiger charge is -2.42. The fourth-order valence-electron chi connectivity index (χ4n) is 5.04. The van der Waals surface area contributed by atoms with Crippen LogP contribution in [0.25, 0.3) is 0 Å². The Bertz CT molecular complexity index is 1090. The molecule has 2 bridgehead atoms. The summed E-state index contributed by atoms with van der Waals surface area (Å²) in [6.07, 6.45) is 1.61. The van der Waals surface area contributed by atoms with E-state index >= 15 is 0 Å². The minimum Gasteiger partial charge on any atom is -0.444 e. The highest BCUT2D eigenvalue weighted by Crippen LogP contribution is 2.50. The predicted molar refractivity (Wildman–Crippen MR) is 124 cm³/mol. The highest BCUT2D eigenvalue weighted by molar-refractivity contribution is 6.30. The van der Waals surface area contributed by atoms with Crippen molar-refractivity contribution in [1.29, 1.82) is 0 Å². The first-order chi connectivity index (χ1) is 15.5. The fourth-order valence-corrected chi connectivity index (χ4v) is 5.20. The van der Waals surface area contributed by atoms with Crippen LogP contribution in [0.5, 0.6) is 11.5 Å². The fraction of sp³-hybridized carbons (Fsp3) is 0.480. The van der Waals surface area contributed by atoms with Gasteiger partial charge < -0.3 is 19.1 Å². The van der Waals surface area contributed by atoms with E-state index in [0.29, 0.717) is 29.6 Å². The van der Waals surface area contributed by atoms with E-state index in [2.05, 4.69) is 4.90 Å². The van der Waals surface area contributed by atoms with E-state index in [-0.39, 0.29) is 23.7 Å². The van der Waals surface area contributed by atoms with Crippen molar-refractivity contribution in [3.05, 3.63) is 52.8 Å². The monoisotopic (exact) mass is 474 g/mol. The van der Waals surface area contributed by atoms with E-state index in [1.807, 2.05) is 43.9 Å². The molecule has 3 heterocycles. The van der Waals surface area contributed by atoms with Crippen LogP contribution in [-0.4, -0.2) is 41.8 Å². The summed E-state index contributed by atoms with van der Waals surface area (Å²) in [6, 6.07) is 10.3. The molecule has 0 aliphatic carbocycles. The Morgan fingerprint density at radius 1 is 1.15 bits per heavy atom. The summed E-state index contributed by atoms with van der Waals surface area (Å²) in [5.74, 6) is -0.640. The third kappa shape index (κ3) is 3.97. The van der Waals surface area contributed by atoms with E-state index < -0.39 is 17.2 Å². The average Bonchev–Trinajstić information content (AvgIpc) is 3.19. The Morgan fingerprint density at radius 3 is 2.48 bits per heavy atom. The number of halogens is 2. The molecule has 176 valence electrons. The maximum Gasteiger partial charge on any atom is 0.410 e. The van der Waals surface area contributed by atoms with Crippen LogP contribution in [0.4, 0.5) is 14.9 Å². The number of rotatable bonds is 2. The van der Waals surface area contributed by atoms with Crippen molar-refractivity contribution in [2.24, 2.45) is 0 Å². The van der Waals surface area contributed by atoms with Crippen LogP contribution >= 0.6 is 11.6 Å². The summed E-state index contributed by atoms with van der Waals surface area (Å²) in [5.41, 5.74) is 0.635. The average molecular weight is 475 g/mol. The molecule has 5 rings (SSSR count). The van der Waals surface area contributed by atoms with E-state index in [0.717, 1.165) is 18.5 Å². The lowest BCUT2D eigenvalue weighted by Crippen LogP contribution is -2.56. The van der Waals surface area contributed by atoms with Crippen LogP contribution in [0.3, 0.4) is 0 Å². The number of carbonyl (C=O) groups excluding carboxylic acids is 1. The summed E-state index contributed by atoms with van der Waals surface area (Å²) < 4.78 is 32.7. The zero-order valence-corrected chi connectivity index (χ0v) is 20.0. The Morgan fingerprint density at radius 2 is 1.85 bits per heavy atom. The summed E-state index contributed by atoms with van der Waals surface area (Å²) in [4.78, 5) is 16.9. The first kappa shape index (κ1) is 22.1. The van der Waals surface area contributed by atoms with Crippen LogP contribution in [0, 0.1) is 5.82 Å². The smallest absolute Gasteiger partial charge is 0.410 e. The van der Waals surface area contributed by atoms with Crippen LogP contribution < -0.4 is 14.4 Å². The normalized spacial score (nSPS) is 26.0. The molecule has 3 aliphatic heterocycles. The van der Waals surface area contributed by atoms with Crippen molar-refractivity contribution < 1.29 is 23.4 Å². The first-order valence-corrected chi connectivity index (χ1v) is 11.6. The van der Waals surface area contributed by atoms with Gasteiger partial charge in [0.25, 0.3) is 5.79 Å². The summed E-state index contributed by atoms with van der Waals surface area (Å²) in [7, 11) is 0. The molecule has 0 spiro atoms. The number of carbonyl (C=O) groups is 1. The molecule has 2 saturated heterocycles. The lowest BCUT2D eigenvalue weighted by molar-refractivity contribution is -0.0705. The number of piperazine rings is 1. The molecule has 2 aromatic carbocycles. The largest absolute Gasteiger partial charge is 0.444 e. The standard InChI is InChI=1S/C25H28ClFN2O4/c1-24(2,3)33-23(30)29-16-9-10-17(29)14-28(13-16)20-6-5-7-21-22(20)32-25(4,31-21)18-11-8-15(26)12-19(18)27/h5-8,11-12,16-17H,9-10,13-14H2,1-4H3. The van der Waals surface area contributed by atoms with Gasteiger partial charge in [-0.3, -0.25) is 4.90 Å². The summed E-state index contributed by atoms with van der Waals surface area (Å²) in [6.45, 7) is 8.69. The van der Waals surface area contributed by atoms with Gasteiger partial charge in [-0.2, -0.15) is 0 Å². The van der Waals surface area contributed by atoms with Gasteiger partial charge in [0.05, 0.1) is 23.3 Å². The van der Waals surface area contributed by atoms with Gasteiger partial charge >= 0.3 is 6.09 Å². The molecule has 0 saturated carbocycles. The highest BCUT2D eigenvalue weighted by atomic mass is 35.5. The van der Waals surface area contributed by atoms with Crippen molar-refractivity contribution in [2.75, 3.05) is 18.0 Å². The topological polar surface area (TPSA) is 51.2 Å². The Labute approximate surface area is 198 Å². The number of benzene rings is 2. The van der Waals surface area contributed by atoms with Gasteiger partial charge in [0.2, 0.25) is 0 Å². The second kappa shape index (κ2) is 7.69. The highest BCUT2D eigenvalue weighted by Gasteiger charge is 2.47. The second-order valence-corrected chi connectivity index (χ2v) is 10.5. The van der Waals surface area contributed by atoms with Crippen molar-refractivity contribution >= 4 is 23.4 Å². The van der Waals surface area contributed by atoms with E-state index in [1.165, 1.54) is 6.07 Å². The van der Waals surface area contributed by atoms with Gasteiger partial charge in [-0.05, 0) is 63.9 Å². The van der Waals surface area contributed by atoms with Crippen molar-refractivity contribution in [2.45, 2.75) is 64.0 Å². The molecule has 2 aromatic rings. The van der Waals surface area contributed by atoms with Gasteiger partial charge in [-0.1, -0.05) is 17.7 Å². The van der Waals surface area contributed by atoms with Gasteiger partial charge in [-0.25, -0.2) is 9.18 Å². The summed E-state index contributed by atoms with van der Waals surface area (Å²) >= 11 is 5.92. The van der Waals surface area contributed by atoms with Crippen LogP contribution in [0.2, 0.25) is 5.02 Å². The first-order valence-electron chi connectivity index (χ1n) is 11.3. The zero-order chi connectivity index (χ0) is 23.5. The SMILES string of the molecule is CC(C)(C)OC(=O)N1C2CCC1CN(c1cccc3c1OC(C)(c1ccc(Cl)cc1F)O3)C2. The lowest BCUT2D eigenvalue weighted by atomic mass is 10.1. The van der Waals surface area contributed by atoms with Crippen LogP contribution in [-0.2, 0) is 10.5 Å². The number of hydrogen-bond donors (Lipinski definition) is 0. The van der Waals surface area contributed by atoms with Crippen LogP contribution in [0.15, 0.2) is 36.4 Å². The number of nitrogens with zero attached hydrogens (tertiary/aromatic N) is 2. The molecule has 6 nitrogen and oxygen atoms in total. The quantitative estimate of drug-likeness (QED) is 0.558. The van der Waals surface area contributed by atoms with E-state index in [9.17, 15) is 9.18 Å². The number of fused-ring (bicyclic) bond motifs is 3. The van der Waals surface area contributed by atoms with Gasteiger partial charge in [0.15, 0.2) is 11.5 Å². The second-order valence-electron chi connectivity index (χ2n) is 10.1. The molecule has 2 fully saturated rings. The number of anilines is 1. The predicted octanol–water partition coefficient (Wildman–Crippen LogP) is 5.71. The van der Waals surface area contributed by atoms with E-state index in [1.54, 1.807) is 19.1 Å². The third-order valence-electron chi connectivity index (χ3n) is 6.41. The molecule has 8 heteroatoms. The zero-order valence-electron chi connectivity index (χ0n) is 19.2. The third-order valence-corrected chi connectivity index (χ3v) is 6.64.